The summed E-state index contributed by atoms with van der Waals surface area (Å²) in [5, 5.41) is 14.4. The number of halogens is 1. The van der Waals surface area contributed by atoms with Gasteiger partial charge in [-0.15, -0.1) is 5.10 Å². The molecule has 1 saturated carbocycles. The summed E-state index contributed by atoms with van der Waals surface area (Å²) in [6.07, 6.45) is 3.84. The zero-order valence-corrected chi connectivity index (χ0v) is 12.6. The van der Waals surface area contributed by atoms with Crippen LogP contribution in [0.1, 0.15) is 23.2 Å². The second-order valence-electron chi connectivity index (χ2n) is 4.90. The van der Waals surface area contributed by atoms with E-state index in [0.717, 1.165) is 12.8 Å². The van der Waals surface area contributed by atoms with Crippen molar-refractivity contribution in [3.8, 4) is 0 Å². The lowest BCUT2D eigenvalue weighted by atomic mass is 10.2. The van der Waals surface area contributed by atoms with E-state index in [9.17, 15) is 4.79 Å². The summed E-state index contributed by atoms with van der Waals surface area (Å²) in [4.78, 5) is 15.9. The number of anilines is 3. The van der Waals surface area contributed by atoms with Gasteiger partial charge in [0.15, 0.2) is 5.82 Å². The number of carbonyl (C=O) groups is 1. The van der Waals surface area contributed by atoms with E-state index < -0.39 is 5.97 Å². The Balaban J connectivity index is 1.81. The van der Waals surface area contributed by atoms with Gasteiger partial charge in [0.25, 0.3) is 0 Å². The molecule has 3 rings (SSSR count). The molecule has 8 heteroatoms. The van der Waals surface area contributed by atoms with Crippen LogP contribution in [-0.4, -0.2) is 34.3 Å². The minimum atomic E-state index is -0.442. The summed E-state index contributed by atoms with van der Waals surface area (Å²) in [5.74, 6) is 0.512. The average molecular weight is 320 g/mol. The molecule has 1 aromatic carbocycles. The molecular formula is C14H14ClN5O2. The Bertz CT molecular complexity index is 705. The molecule has 0 radical (unpaired) electrons. The van der Waals surface area contributed by atoms with Crippen LogP contribution < -0.4 is 10.6 Å². The third-order valence-electron chi connectivity index (χ3n) is 3.12. The van der Waals surface area contributed by atoms with Crippen molar-refractivity contribution in [2.24, 2.45) is 0 Å². The third-order valence-corrected chi connectivity index (χ3v) is 3.45. The zero-order chi connectivity index (χ0) is 15.5. The molecule has 0 saturated heterocycles. The standard InChI is InChI=1S/C14H14ClN5O2/c1-22-13(21)8-2-5-10(15)11(6-8)18-14-19-12(7-16-20-14)17-9-3-4-9/h2,5-7,9H,3-4H2,1H3,(H2,17,18,19,20). The normalized spacial score (nSPS) is 13.5. The van der Waals surface area contributed by atoms with Crippen molar-refractivity contribution in [1.29, 1.82) is 0 Å². The first kappa shape index (κ1) is 14.5. The molecule has 0 amide bonds. The van der Waals surface area contributed by atoms with E-state index in [0.29, 0.717) is 34.1 Å². The van der Waals surface area contributed by atoms with Gasteiger partial charge in [-0.3, -0.25) is 0 Å². The van der Waals surface area contributed by atoms with Crippen LogP contribution >= 0.6 is 11.6 Å². The molecule has 1 aliphatic rings. The van der Waals surface area contributed by atoms with Gasteiger partial charge in [-0.1, -0.05) is 11.6 Å². The molecule has 0 spiro atoms. The van der Waals surface area contributed by atoms with E-state index in [-0.39, 0.29) is 0 Å². The highest BCUT2D eigenvalue weighted by Crippen LogP contribution is 2.27. The lowest BCUT2D eigenvalue weighted by molar-refractivity contribution is 0.0601. The number of aromatic nitrogens is 3. The zero-order valence-electron chi connectivity index (χ0n) is 11.8. The van der Waals surface area contributed by atoms with E-state index in [4.69, 9.17) is 11.6 Å². The number of rotatable bonds is 5. The predicted octanol–water partition coefficient (Wildman–Crippen LogP) is 2.63. The maximum atomic E-state index is 11.6. The van der Waals surface area contributed by atoms with Gasteiger partial charge in [-0.2, -0.15) is 10.1 Å². The highest BCUT2D eigenvalue weighted by molar-refractivity contribution is 6.33. The van der Waals surface area contributed by atoms with Crippen LogP contribution in [0.3, 0.4) is 0 Å². The van der Waals surface area contributed by atoms with Gasteiger partial charge < -0.3 is 15.4 Å². The predicted molar refractivity (Wildman–Crippen MR) is 82.5 cm³/mol. The molecule has 0 aliphatic heterocycles. The largest absolute Gasteiger partial charge is 0.465 e. The van der Waals surface area contributed by atoms with E-state index in [1.54, 1.807) is 24.4 Å². The Morgan fingerprint density at radius 3 is 2.95 bits per heavy atom. The van der Waals surface area contributed by atoms with Gasteiger partial charge >= 0.3 is 5.97 Å². The number of nitrogens with zero attached hydrogens (tertiary/aromatic N) is 3. The number of nitrogens with one attached hydrogen (secondary N) is 2. The van der Waals surface area contributed by atoms with Crippen LogP contribution in [-0.2, 0) is 4.74 Å². The smallest absolute Gasteiger partial charge is 0.337 e. The monoisotopic (exact) mass is 319 g/mol. The van der Waals surface area contributed by atoms with Crippen molar-refractivity contribution < 1.29 is 9.53 Å². The van der Waals surface area contributed by atoms with Gasteiger partial charge in [0.1, 0.15) is 0 Å². The lowest BCUT2D eigenvalue weighted by Gasteiger charge is -2.09. The minimum absolute atomic E-state index is 0.301. The molecule has 0 unspecified atom stereocenters. The third kappa shape index (κ3) is 3.43. The highest BCUT2D eigenvalue weighted by atomic mass is 35.5. The maximum absolute atomic E-state index is 11.6. The molecule has 0 atom stereocenters. The van der Waals surface area contributed by atoms with Crippen LogP contribution in [0, 0.1) is 0 Å². The molecule has 2 aromatic rings. The number of methoxy groups -OCH3 is 1. The number of carbonyl (C=O) groups excluding carboxylic acids is 1. The number of esters is 1. The van der Waals surface area contributed by atoms with E-state index in [2.05, 4.69) is 30.6 Å². The Kier molecular flexibility index (Phi) is 4.06. The van der Waals surface area contributed by atoms with Gasteiger partial charge in [-0.05, 0) is 31.0 Å². The fraction of sp³-hybridized carbons (Fsp3) is 0.286. The topological polar surface area (TPSA) is 89.0 Å². The SMILES string of the molecule is COC(=O)c1ccc(Cl)c(Nc2nncc(NC3CC3)n2)c1. The fourth-order valence-corrected chi connectivity index (χ4v) is 2.01. The summed E-state index contributed by atoms with van der Waals surface area (Å²) < 4.78 is 4.69. The van der Waals surface area contributed by atoms with Crippen LogP contribution in [0.5, 0.6) is 0 Å². The molecule has 1 aromatic heterocycles. The number of hydrogen-bond donors (Lipinski definition) is 2. The number of hydrogen-bond acceptors (Lipinski definition) is 7. The molecule has 2 N–H and O–H groups in total. The second kappa shape index (κ2) is 6.15. The summed E-state index contributed by atoms with van der Waals surface area (Å²) in [5.41, 5.74) is 0.893. The van der Waals surface area contributed by atoms with Crippen molar-refractivity contribution in [3.63, 3.8) is 0 Å². The van der Waals surface area contributed by atoms with Crippen molar-refractivity contribution >= 4 is 35.0 Å². The minimum Gasteiger partial charge on any atom is -0.465 e. The molecule has 1 fully saturated rings. The molecule has 1 aliphatic carbocycles. The summed E-state index contributed by atoms with van der Waals surface area (Å²) in [6, 6.07) is 5.24. The van der Waals surface area contributed by atoms with Crippen molar-refractivity contribution in [2.75, 3.05) is 17.7 Å². The lowest BCUT2D eigenvalue weighted by Crippen LogP contribution is -2.07. The summed E-state index contributed by atoms with van der Waals surface area (Å²) >= 11 is 6.12. The van der Waals surface area contributed by atoms with Crippen molar-refractivity contribution in [2.45, 2.75) is 18.9 Å². The molecule has 114 valence electrons. The van der Waals surface area contributed by atoms with Gasteiger partial charge in [0.05, 0.1) is 29.6 Å². The van der Waals surface area contributed by atoms with Crippen LogP contribution in [0.25, 0.3) is 0 Å². The number of ether oxygens (including phenoxy) is 1. The summed E-state index contributed by atoms with van der Waals surface area (Å²) in [7, 11) is 1.32. The van der Waals surface area contributed by atoms with Crippen LogP contribution in [0.15, 0.2) is 24.4 Å². The van der Waals surface area contributed by atoms with E-state index in [1.165, 1.54) is 7.11 Å². The Morgan fingerprint density at radius 1 is 1.41 bits per heavy atom. The summed E-state index contributed by atoms with van der Waals surface area (Å²) in [6.45, 7) is 0. The van der Waals surface area contributed by atoms with Crippen molar-refractivity contribution in [3.05, 3.63) is 35.0 Å². The highest BCUT2D eigenvalue weighted by Gasteiger charge is 2.21. The Hall–Kier alpha value is -2.41. The molecule has 7 nitrogen and oxygen atoms in total. The quantitative estimate of drug-likeness (QED) is 0.819. The Labute approximate surface area is 132 Å². The number of benzene rings is 1. The fourth-order valence-electron chi connectivity index (χ4n) is 1.85. The van der Waals surface area contributed by atoms with Gasteiger partial charge in [0, 0.05) is 6.04 Å². The molecule has 1 heterocycles. The first-order valence-electron chi connectivity index (χ1n) is 6.77. The first-order chi connectivity index (χ1) is 10.7. The van der Waals surface area contributed by atoms with E-state index in [1.807, 2.05) is 0 Å². The van der Waals surface area contributed by atoms with Crippen molar-refractivity contribution in [1.82, 2.24) is 15.2 Å². The molecule has 22 heavy (non-hydrogen) atoms. The molecule has 0 bridgehead atoms. The maximum Gasteiger partial charge on any atom is 0.337 e. The van der Waals surface area contributed by atoms with Crippen LogP contribution in [0.4, 0.5) is 17.5 Å². The van der Waals surface area contributed by atoms with Gasteiger partial charge in [-0.25, -0.2) is 4.79 Å². The second-order valence-corrected chi connectivity index (χ2v) is 5.30. The first-order valence-corrected chi connectivity index (χ1v) is 7.14. The Morgan fingerprint density at radius 2 is 2.23 bits per heavy atom. The average Bonchev–Trinajstić information content (AvgIpc) is 3.33. The van der Waals surface area contributed by atoms with Crippen LogP contribution in [0.2, 0.25) is 5.02 Å². The molecular weight excluding hydrogens is 306 g/mol. The van der Waals surface area contributed by atoms with E-state index >= 15 is 0 Å². The van der Waals surface area contributed by atoms with Gasteiger partial charge in [0.2, 0.25) is 5.95 Å².